The smallest absolute Gasteiger partial charge is 0.127 e. The van der Waals surface area contributed by atoms with Crippen LogP contribution in [0.5, 0.6) is 34.5 Å². The summed E-state index contributed by atoms with van der Waals surface area (Å²) in [5.41, 5.74) is 1.99. The molecule has 6 nitrogen and oxygen atoms in total. The van der Waals surface area contributed by atoms with Crippen molar-refractivity contribution in [1.82, 2.24) is 0 Å². The van der Waals surface area contributed by atoms with Crippen molar-refractivity contribution in [2.24, 2.45) is 0 Å². The van der Waals surface area contributed by atoms with Crippen LogP contribution in [0.15, 0.2) is 133 Å². The lowest BCUT2D eigenvalue weighted by Crippen LogP contribution is -2.26. The molecule has 0 aliphatic carbocycles. The predicted molar refractivity (Wildman–Crippen MR) is 209 cm³/mol. The van der Waals surface area contributed by atoms with E-state index in [-0.39, 0.29) is 0 Å². The molecule has 50 heavy (non-hydrogen) atoms. The molecule has 0 saturated carbocycles. The highest BCUT2D eigenvalue weighted by Crippen LogP contribution is 2.47. The molecule has 6 rings (SSSR count). The van der Waals surface area contributed by atoms with Crippen molar-refractivity contribution in [1.29, 1.82) is 0 Å². The first kappa shape index (κ1) is 34.8. The van der Waals surface area contributed by atoms with E-state index in [4.69, 9.17) is 28.4 Å². The maximum atomic E-state index is 6.23. The normalized spacial score (nSPS) is 11.0. The van der Waals surface area contributed by atoms with Crippen LogP contribution in [-0.4, -0.2) is 42.7 Å². The zero-order valence-corrected chi connectivity index (χ0v) is 30.8. The van der Waals surface area contributed by atoms with Gasteiger partial charge in [-0.15, -0.1) is 0 Å². The minimum atomic E-state index is -1.09. The molecule has 0 atom stereocenters. The summed E-state index contributed by atoms with van der Waals surface area (Å²) in [6.45, 7) is 0. The Bertz CT molecular complexity index is 1770. The minimum absolute atomic E-state index is 0.766. The molecule has 0 bridgehead atoms. The Balaban J connectivity index is 1.66. The number of methoxy groups -OCH3 is 6. The van der Waals surface area contributed by atoms with Crippen LogP contribution in [0.25, 0.3) is 11.1 Å². The fourth-order valence-electron chi connectivity index (χ4n) is 6.03. The fourth-order valence-corrected chi connectivity index (χ4v) is 10.9. The van der Waals surface area contributed by atoms with Gasteiger partial charge in [0.1, 0.15) is 34.5 Å². The molecule has 6 aromatic carbocycles. The van der Waals surface area contributed by atoms with E-state index >= 15 is 0 Å². The first-order valence-electron chi connectivity index (χ1n) is 16.0. The molecule has 0 amide bonds. The van der Waals surface area contributed by atoms with Gasteiger partial charge < -0.3 is 28.4 Å². The number of rotatable bonds is 13. The van der Waals surface area contributed by atoms with Crippen LogP contribution >= 0.6 is 15.8 Å². The molecule has 0 N–H and O–H groups in total. The van der Waals surface area contributed by atoms with E-state index in [1.165, 1.54) is 21.2 Å². The molecule has 254 valence electrons. The second-order valence-corrected chi connectivity index (χ2v) is 15.5. The first-order valence-corrected chi connectivity index (χ1v) is 18.7. The highest BCUT2D eigenvalue weighted by atomic mass is 31.1. The van der Waals surface area contributed by atoms with Gasteiger partial charge in [-0.05, 0) is 108 Å². The maximum absolute atomic E-state index is 6.23. The average Bonchev–Trinajstić information content (AvgIpc) is 3.19. The average molecular weight is 703 g/mol. The Hall–Kier alpha value is -5.02. The molecular formula is C42H40O6P2. The molecule has 0 spiro atoms. The number of ether oxygens (including phenoxy) is 6. The summed E-state index contributed by atoms with van der Waals surface area (Å²) in [6, 6.07) is 46.1. The number of hydrogen-bond acceptors (Lipinski definition) is 6. The molecule has 8 heteroatoms. The first-order chi connectivity index (χ1) is 24.5. The molecule has 0 aliphatic heterocycles. The van der Waals surface area contributed by atoms with Gasteiger partial charge in [0, 0.05) is 11.1 Å². The van der Waals surface area contributed by atoms with Gasteiger partial charge in [-0.1, -0.05) is 72.8 Å². The minimum Gasteiger partial charge on any atom is -0.497 e. The van der Waals surface area contributed by atoms with Gasteiger partial charge in [0.2, 0.25) is 0 Å². The quantitative estimate of drug-likeness (QED) is 0.122. The summed E-state index contributed by atoms with van der Waals surface area (Å²) in [5, 5.41) is 6.96. The summed E-state index contributed by atoms with van der Waals surface area (Å²) >= 11 is 0. The van der Waals surface area contributed by atoms with E-state index in [0.717, 1.165) is 56.2 Å². The standard InChI is InChI=1S/C42H40O6P2/c1-43-29-13-21-33(22-14-29)49(34-23-15-30(44-2)16-24-34)39-11-7-9-37(47-5)41(39)42-38(48-6)10-8-12-40(42)50(35-25-17-31(45-3)18-26-35)36-27-19-32(46-4)20-28-36/h7-28H,1-6H3. The molecule has 0 radical (unpaired) electrons. The highest BCUT2D eigenvalue weighted by molar-refractivity contribution is 7.80. The Morgan fingerprint density at radius 3 is 0.780 bits per heavy atom. The zero-order chi connectivity index (χ0) is 35.0. The van der Waals surface area contributed by atoms with E-state index in [9.17, 15) is 0 Å². The van der Waals surface area contributed by atoms with Crippen molar-refractivity contribution >= 4 is 47.7 Å². The van der Waals surface area contributed by atoms with Gasteiger partial charge in [-0.3, -0.25) is 0 Å². The van der Waals surface area contributed by atoms with E-state index < -0.39 is 15.8 Å². The van der Waals surface area contributed by atoms with Crippen LogP contribution in [0.3, 0.4) is 0 Å². The Morgan fingerprint density at radius 2 is 0.560 bits per heavy atom. The largest absolute Gasteiger partial charge is 0.497 e. The second kappa shape index (κ2) is 16.1. The van der Waals surface area contributed by atoms with Crippen LogP contribution in [0.1, 0.15) is 0 Å². The van der Waals surface area contributed by atoms with Crippen LogP contribution in [0.4, 0.5) is 0 Å². The third-order valence-corrected chi connectivity index (χ3v) is 13.5. The van der Waals surface area contributed by atoms with Crippen molar-refractivity contribution in [2.75, 3.05) is 42.7 Å². The van der Waals surface area contributed by atoms with Gasteiger partial charge in [0.25, 0.3) is 0 Å². The molecule has 0 fully saturated rings. The lowest BCUT2D eigenvalue weighted by Gasteiger charge is -2.28. The molecule has 0 aliphatic rings. The molecule has 0 aromatic heterocycles. The molecule has 6 aromatic rings. The zero-order valence-electron chi connectivity index (χ0n) is 29.0. The third-order valence-electron chi connectivity index (χ3n) is 8.50. The Kier molecular flexibility index (Phi) is 11.2. The highest BCUT2D eigenvalue weighted by Gasteiger charge is 2.30. The van der Waals surface area contributed by atoms with Crippen molar-refractivity contribution < 1.29 is 28.4 Å². The molecule has 0 unspecified atom stereocenters. The van der Waals surface area contributed by atoms with Gasteiger partial charge in [-0.2, -0.15) is 0 Å². The summed E-state index contributed by atoms with van der Waals surface area (Å²) in [4.78, 5) is 0. The monoisotopic (exact) mass is 702 g/mol. The van der Waals surface area contributed by atoms with Gasteiger partial charge in [-0.25, -0.2) is 0 Å². The van der Waals surface area contributed by atoms with Crippen molar-refractivity contribution in [3.63, 3.8) is 0 Å². The van der Waals surface area contributed by atoms with Crippen LogP contribution in [0.2, 0.25) is 0 Å². The van der Waals surface area contributed by atoms with E-state index in [0.29, 0.717) is 0 Å². The number of benzene rings is 6. The van der Waals surface area contributed by atoms with Crippen LogP contribution in [-0.2, 0) is 0 Å². The summed E-state index contributed by atoms with van der Waals surface area (Å²) in [6.07, 6.45) is 0. The fraction of sp³-hybridized carbons (Fsp3) is 0.143. The van der Waals surface area contributed by atoms with E-state index in [2.05, 4.69) is 72.8 Å². The maximum Gasteiger partial charge on any atom is 0.127 e. The van der Waals surface area contributed by atoms with Gasteiger partial charge in [0.15, 0.2) is 0 Å². The van der Waals surface area contributed by atoms with Gasteiger partial charge >= 0.3 is 0 Å². The van der Waals surface area contributed by atoms with Crippen molar-refractivity contribution in [3.05, 3.63) is 133 Å². The Labute approximate surface area is 297 Å². The van der Waals surface area contributed by atoms with E-state index in [1.54, 1.807) is 42.7 Å². The van der Waals surface area contributed by atoms with Crippen LogP contribution in [0, 0.1) is 0 Å². The lowest BCUT2D eigenvalue weighted by molar-refractivity contribution is 0.411. The van der Waals surface area contributed by atoms with Crippen molar-refractivity contribution in [2.45, 2.75) is 0 Å². The molecule has 0 heterocycles. The second-order valence-electron chi connectivity index (χ2n) is 11.2. The summed E-state index contributed by atoms with van der Waals surface area (Å²) in [7, 11) is 8.04. The Morgan fingerprint density at radius 1 is 0.300 bits per heavy atom. The SMILES string of the molecule is COc1ccc(P(c2ccc(OC)cc2)c2cccc(OC)c2-c2c(OC)cccc2P(c2ccc(OC)cc2)c2ccc(OC)cc2)cc1. The predicted octanol–water partition coefficient (Wildman–Crippen LogP) is 6.92. The third kappa shape index (κ3) is 7.14. The van der Waals surface area contributed by atoms with E-state index in [1.807, 2.05) is 60.7 Å². The summed E-state index contributed by atoms with van der Waals surface area (Å²) < 4.78 is 34.6. The summed E-state index contributed by atoms with van der Waals surface area (Å²) in [5.74, 6) is 4.76. The topological polar surface area (TPSA) is 55.4 Å². The van der Waals surface area contributed by atoms with Crippen LogP contribution < -0.4 is 60.2 Å². The van der Waals surface area contributed by atoms with Crippen molar-refractivity contribution in [3.8, 4) is 45.6 Å². The molecule has 0 saturated heterocycles. The number of hydrogen-bond donors (Lipinski definition) is 0. The molecular weight excluding hydrogens is 662 g/mol. The van der Waals surface area contributed by atoms with Gasteiger partial charge in [0.05, 0.1) is 42.7 Å². The lowest BCUT2D eigenvalue weighted by atomic mass is 10.0.